The van der Waals surface area contributed by atoms with E-state index in [0.29, 0.717) is 13.0 Å². The van der Waals surface area contributed by atoms with Crippen LogP contribution in [0.25, 0.3) is 0 Å². The maximum absolute atomic E-state index is 10.1. The fourth-order valence-corrected chi connectivity index (χ4v) is 0.496. The molecule has 0 fully saturated rings. The molecule has 0 saturated carbocycles. The van der Waals surface area contributed by atoms with Crippen molar-refractivity contribution in [1.29, 1.82) is 0 Å². The van der Waals surface area contributed by atoms with Crippen LogP contribution >= 0.6 is 0 Å². The molecule has 0 aromatic heterocycles. The summed E-state index contributed by atoms with van der Waals surface area (Å²) in [6.07, 6.45) is 0.538. The average molecular weight is 175 g/mol. The summed E-state index contributed by atoms with van der Waals surface area (Å²) >= 11 is 0. The number of hydrogen-bond donors (Lipinski definition) is 1. The molecule has 3 heteroatoms. The van der Waals surface area contributed by atoms with Gasteiger partial charge in [0.25, 0.3) is 0 Å². The van der Waals surface area contributed by atoms with Crippen molar-refractivity contribution in [2.45, 2.75) is 27.2 Å². The van der Waals surface area contributed by atoms with Gasteiger partial charge in [0.1, 0.15) is 5.78 Å². The summed E-state index contributed by atoms with van der Waals surface area (Å²) in [6, 6.07) is 0. The van der Waals surface area contributed by atoms with E-state index in [-0.39, 0.29) is 5.78 Å². The average Bonchev–Trinajstić information content (AvgIpc) is 2.03. The highest BCUT2D eigenvalue weighted by molar-refractivity contribution is 5.75. The van der Waals surface area contributed by atoms with Gasteiger partial charge in [-0.2, -0.15) is 0 Å². The molecule has 0 unspecified atom stereocenters. The Morgan fingerprint density at radius 1 is 1.33 bits per heavy atom. The summed E-state index contributed by atoms with van der Waals surface area (Å²) in [5.41, 5.74) is 0. The highest BCUT2D eigenvalue weighted by Gasteiger charge is 1.87. The van der Waals surface area contributed by atoms with Gasteiger partial charge in [0.2, 0.25) is 0 Å². The van der Waals surface area contributed by atoms with Gasteiger partial charge in [-0.3, -0.25) is 4.79 Å². The van der Waals surface area contributed by atoms with Gasteiger partial charge in [-0.15, -0.1) is 0 Å². The van der Waals surface area contributed by atoms with E-state index in [2.05, 4.69) is 23.9 Å². The van der Waals surface area contributed by atoms with E-state index in [1.807, 2.05) is 0 Å². The normalized spacial score (nSPS) is 8.67. The van der Waals surface area contributed by atoms with Gasteiger partial charge >= 0.3 is 0 Å². The monoisotopic (exact) mass is 175 g/mol. The highest BCUT2D eigenvalue weighted by Crippen LogP contribution is 1.79. The van der Waals surface area contributed by atoms with Crippen molar-refractivity contribution < 1.29 is 9.53 Å². The standard InChI is InChI=1S/C5H10O2.C4H11N/c1-5(6)3-4-7-2;1-3-5-4-2/h3-4H2,1-2H3;5H,3-4H2,1-2H3. The molecule has 12 heavy (non-hydrogen) atoms. The second-order valence-electron chi connectivity index (χ2n) is 2.40. The molecular formula is C9H21NO2. The predicted octanol–water partition coefficient (Wildman–Crippen LogP) is 1.23. The summed E-state index contributed by atoms with van der Waals surface area (Å²) in [7, 11) is 1.59. The van der Waals surface area contributed by atoms with Crippen LogP contribution in [-0.2, 0) is 9.53 Å². The molecule has 0 rings (SSSR count). The summed E-state index contributed by atoms with van der Waals surface area (Å²) < 4.78 is 4.63. The highest BCUT2D eigenvalue weighted by atomic mass is 16.5. The van der Waals surface area contributed by atoms with Crippen molar-refractivity contribution >= 4 is 5.78 Å². The zero-order valence-electron chi connectivity index (χ0n) is 8.64. The second-order valence-corrected chi connectivity index (χ2v) is 2.40. The zero-order valence-corrected chi connectivity index (χ0v) is 8.64. The molecular weight excluding hydrogens is 154 g/mol. The van der Waals surface area contributed by atoms with E-state index in [1.54, 1.807) is 14.0 Å². The molecule has 0 spiro atoms. The van der Waals surface area contributed by atoms with E-state index >= 15 is 0 Å². The van der Waals surface area contributed by atoms with E-state index in [1.165, 1.54) is 0 Å². The van der Waals surface area contributed by atoms with Crippen molar-refractivity contribution in [3.05, 3.63) is 0 Å². The third kappa shape index (κ3) is 22.6. The first-order valence-electron chi connectivity index (χ1n) is 4.38. The molecule has 3 nitrogen and oxygen atoms in total. The number of ketones is 1. The number of carbonyl (C=O) groups excluding carboxylic acids is 1. The zero-order chi connectivity index (χ0) is 9.82. The Hall–Kier alpha value is -0.410. The van der Waals surface area contributed by atoms with Gasteiger partial charge in [-0.05, 0) is 20.0 Å². The quantitative estimate of drug-likeness (QED) is 0.683. The summed E-state index contributed by atoms with van der Waals surface area (Å²) in [6.45, 7) is 8.49. The Kier molecular flexibility index (Phi) is 15.5. The lowest BCUT2D eigenvalue weighted by Gasteiger charge is -1.89. The van der Waals surface area contributed by atoms with Crippen molar-refractivity contribution in [2.24, 2.45) is 0 Å². The van der Waals surface area contributed by atoms with Crippen LogP contribution in [0.3, 0.4) is 0 Å². The number of hydrogen-bond acceptors (Lipinski definition) is 3. The number of methoxy groups -OCH3 is 1. The lowest BCUT2D eigenvalue weighted by molar-refractivity contribution is -0.117. The minimum atomic E-state index is 0.182. The first-order chi connectivity index (χ1) is 5.68. The summed E-state index contributed by atoms with van der Waals surface area (Å²) in [4.78, 5) is 10.1. The minimum Gasteiger partial charge on any atom is -0.384 e. The maximum Gasteiger partial charge on any atom is 0.132 e. The summed E-state index contributed by atoms with van der Waals surface area (Å²) in [5.74, 6) is 0.182. The van der Waals surface area contributed by atoms with E-state index in [4.69, 9.17) is 0 Å². The molecule has 0 aliphatic carbocycles. The molecule has 0 aromatic carbocycles. The molecule has 0 saturated heterocycles. The van der Waals surface area contributed by atoms with E-state index in [0.717, 1.165) is 13.1 Å². The molecule has 0 heterocycles. The van der Waals surface area contributed by atoms with E-state index in [9.17, 15) is 4.79 Å². The van der Waals surface area contributed by atoms with Gasteiger partial charge in [0, 0.05) is 13.5 Å². The third-order valence-electron chi connectivity index (χ3n) is 1.16. The Bertz CT molecular complexity index is 92.5. The number of carbonyl (C=O) groups is 1. The van der Waals surface area contributed by atoms with Crippen molar-refractivity contribution in [3.63, 3.8) is 0 Å². The third-order valence-corrected chi connectivity index (χ3v) is 1.16. The summed E-state index contributed by atoms with van der Waals surface area (Å²) in [5, 5.41) is 3.11. The van der Waals surface area contributed by atoms with Crippen LogP contribution in [0.5, 0.6) is 0 Å². The van der Waals surface area contributed by atoms with Crippen LogP contribution < -0.4 is 5.32 Å². The Labute approximate surface area is 75.5 Å². The molecule has 0 radical (unpaired) electrons. The maximum atomic E-state index is 10.1. The van der Waals surface area contributed by atoms with Crippen molar-refractivity contribution in [2.75, 3.05) is 26.8 Å². The molecule has 74 valence electrons. The SMILES string of the molecule is CCNCC.COCCC(C)=O. The molecule has 0 bridgehead atoms. The molecule has 1 N–H and O–H groups in total. The molecule has 0 aliphatic rings. The lowest BCUT2D eigenvalue weighted by atomic mass is 10.3. The molecule has 0 aromatic rings. The lowest BCUT2D eigenvalue weighted by Crippen LogP contribution is -2.09. The van der Waals surface area contributed by atoms with Gasteiger partial charge in [-0.1, -0.05) is 13.8 Å². The second kappa shape index (κ2) is 13.2. The number of ether oxygens (including phenoxy) is 1. The fourth-order valence-electron chi connectivity index (χ4n) is 0.496. The van der Waals surface area contributed by atoms with Crippen LogP contribution in [-0.4, -0.2) is 32.6 Å². The van der Waals surface area contributed by atoms with Gasteiger partial charge < -0.3 is 10.1 Å². The largest absolute Gasteiger partial charge is 0.384 e. The molecule has 0 atom stereocenters. The van der Waals surface area contributed by atoms with Crippen LogP contribution in [0.2, 0.25) is 0 Å². The Morgan fingerprint density at radius 2 is 1.83 bits per heavy atom. The molecule has 0 aliphatic heterocycles. The smallest absolute Gasteiger partial charge is 0.132 e. The first-order valence-corrected chi connectivity index (χ1v) is 4.38. The van der Waals surface area contributed by atoms with Crippen LogP contribution in [0.4, 0.5) is 0 Å². The van der Waals surface area contributed by atoms with Crippen LogP contribution in [0, 0.1) is 0 Å². The van der Waals surface area contributed by atoms with Gasteiger partial charge in [0.05, 0.1) is 6.61 Å². The Balaban J connectivity index is 0. The first kappa shape index (κ1) is 14.1. The van der Waals surface area contributed by atoms with Gasteiger partial charge in [-0.25, -0.2) is 0 Å². The van der Waals surface area contributed by atoms with E-state index < -0.39 is 0 Å². The minimum absolute atomic E-state index is 0.182. The van der Waals surface area contributed by atoms with Crippen molar-refractivity contribution in [3.8, 4) is 0 Å². The number of nitrogens with one attached hydrogen (secondary N) is 1. The molecule has 0 amide bonds. The van der Waals surface area contributed by atoms with Crippen LogP contribution in [0.15, 0.2) is 0 Å². The topological polar surface area (TPSA) is 38.3 Å². The van der Waals surface area contributed by atoms with Crippen molar-refractivity contribution in [1.82, 2.24) is 5.32 Å². The Morgan fingerprint density at radius 3 is 1.92 bits per heavy atom. The van der Waals surface area contributed by atoms with Crippen LogP contribution in [0.1, 0.15) is 27.2 Å². The predicted molar refractivity (Wildman–Crippen MR) is 51.4 cm³/mol. The number of rotatable bonds is 5. The fraction of sp³-hybridized carbons (Fsp3) is 0.889. The number of Topliss-reactive ketones (excluding diaryl/α,β-unsaturated/α-hetero) is 1. The van der Waals surface area contributed by atoms with Gasteiger partial charge in [0.15, 0.2) is 0 Å².